The van der Waals surface area contributed by atoms with E-state index in [4.69, 9.17) is 0 Å². The second-order valence-electron chi connectivity index (χ2n) is 5.71. The van der Waals surface area contributed by atoms with Gasteiger partial charge >= 0.3 is 0 Å². The second-order valence-corrected chi connectivity index (χ2v) is 5.71. The van der Waals surface area contributed by atoms with Crippen molar-refractivity contribution in [2.75, 3.05) is 6.54 Å². The molecule has 3 heteroatoms. The summed E-state index contributed by atoms with van der Waals surface area (Å²) in [6.45, 7) is 10.4. The van der Waals surface area contributed by atoms with E-state index in [0.29, 0.717) is 6.04 Å². The van der Waals surface area contributed by atoms with Crippen LogP contribution in [0.5, 0.6) is 0 Å². The van der Waals surface area contributed by atoms with E-state index in [1.807, 2.05) is 6.92 Å². The molecule has 1 atom stereocenters. The van der Waals surface area contributed by atoms with Crippen LogP contribution < -0.4 is 5.32 Å². The Hall–Kier alpha value is -1.61. The summed E-state index contributed by atoms with van der Waals surface area (Å²) < 4.78 is 2.10. The minimum atomic E-state index is 0.309. The first-order valence-electron chi connectivity index (χ1n) is 7.97. The smallest absolute Gasteiger partial charge is 0.0607 e. The third-order valence-electron chi connectivity index (χ3n) is 3.83. The number of nitrogens with one attached hydrogen (secondary N) is 1. The third kappa shape index (κ3) is 4.18. The normalized spacial score (nSPS) is 12.6. The van der Waals surface area contributed by atoms with Crippen molar-refractivity contribution >= 4 is 0 Å². The summed E-state index contributed by atoms with van der Waals surface area (Å²) in [6, 6.07) is 11.5. The second kappa shape index (κ2) is 7.41. The number of rotatable bonds is 7. The Balaban J connectivity index is 2.16. The predicted octanol–water partition coefficient (Wildman–Crippen LogP) is 3.80. The molecule has 0 radical (unpaired) electrons. The summed E-state index contributed by atoms with van der Waals surface area (Å²) in [5.41, 5.74) is 5.06. The maximum absolute atomic E-state index is 4.58. The van der Waals surface area contributed by atoms with Gasteiger partial charge in [-0.25, -0.2) is 0 Å². The average Bonchev–Trinajstić information content (AvgIpc) is 2.78. The quantitative estimate of drug-likeness (QED) is 0.838. The van der Waals surface area contributed by atoms with Crippen LogP contribution in [0, 0.1) is 13.8 Å². The van der Waals surface area contributed by atoms with Gasteiger partial charge in [-0.1, -0.05) is 44.5 Å². The topological polar surface area (TPSA) is 29.9 Å². The van der Waals surface area contributed by atoms with Crippen molar-refractivity contribution < 1.29 is 0 Å². The summed E-state index contributed by atoms with van der Waals surface area (Å²) in [6.07, 6.45) is 2.35. The molecule has 1 heterocycles. The fourth-order valence-corrected chi connectivity index (χ4v) is 2.77. The standard InChI is InChI=1S/C18H27N3/c1-5-7-16-8-10-17(11-9-16)18(19-6-2)13-21-15(4)12-14(3)20-21/h8-12,18-19H,5-7,13H2,1-4H3. The van der Waals surface area contributed by atoms with Crippen LogP contribution in [0.15, 0.2) is 30.3 Å². The van der Waals surface area contributed by atoms with E-state index in [0.717, 1.165) is 25.2 Å². The van der Waals surface area contributed by atoms with Crippen LogP contribution in [-0.4, -0.2) is 16.3 Å². The number of hydrogen-bond donors (Lipinski definition) is 1. The zero-order chi connectivity index (χ0) is 15.2. The molecule has 0 aliphatic heterocycles. The van der Waals surface area contributed by atoms with Gasteiger partial charge in [0.25, 0.3) is 0 Å². The molecule has 0 amide bonds. The van der Waals surface area contributed by atoms with Gasteiger partial charge < -0.3 is 5.32 Å². The highest BCUT2D eigenvalue weighted by atomic mass is 15.3. The van der Waals surface area contributed by atoms with Crippen molar-refractivity contribution in [2.24, 2.45) is 0 Å². The molecule has 3 nitrogen and oxygen atoms in total. The van der Waals surface area contributed by atoms with Gasteiger partial charge in [-0.3, -0.25) is 4.68 Å². The summed E-state index contributed by atoms with van der Waals surface area (Å²) in [7, 11) is 0. The maximum atomic E-state index is 4.58. The molecule has 1 unspecified atom stereocenters. The van der Waals surface area contributed by atoms with Crippen LogP contribution in [-0.2, 0) is 13.0 Å². The van der Waals surface area contributed by atoms with Crippen molar-refractivity contribution in [3.63, 3.8) is 0 Å². The van der Waals surface area contributed by atoms with Crippen LogP contribution in [0.2, 0.25) is 0 Å². The molecule has 114 valence electrons. The van der Waals surface area contributed by atoms with Gasteiger partial charge in [-0.2, -0.15) is 5.10 Å². The first kappa shape index (κ1) is 15.8. The van der Waals surface area contributed by atoms with Gasteiger partial charge in [-0.05, 0) is 44.0 Å². The van der Waals surface area contributed by atoms with E-state index < -0.39 is 0 Å². The van der Waals surface area contributed by atoms with Gasteiger partial charge in [0.05, 0.1) is 18.3 Å². The minimum absolute atomic E-state index is 0.309. The van der Waals surface area contributed by atoms with Crippen LogP contribution in [0.3, 0.4) is 0 Å². The fraction of sp³-hybridized carbons (Fsp3) is 0.500. The first-order chi connectivity index (χ1) is 10.1. The number of nitrogens with zero attached hydrogens (tertiary/aromatic N) is 2. The molecule has 0 saturated heterocycles. The number of aryl methyl sites for hydroxylation is 3. The van der Waals surface area contributed by atoms with E-state index in [9.17, 15) is 0 Å². The summed E-state index contributed by atoms with van der Waals surface area (Å²) in [5.74, 6) is 0. The summed E-state index contributed by atoms with van der Waals surface area (Å²) >= 11 is 0. The van der Waals surface area contributed by atoms with Gasteiger partial charge in [0.2, 0.25) is 0 Å². The lowest BCUT2D eigenvalue weighted by atomic mass is 10.0. The molecule has 1 N–H and O–H groups in total. The Bertz CT molecular complexity index is 554. The lowest BCUT2D eigenvalue weighted by Crippen LogP contribution is -2.26. The van der Waals surface area contributed by atoms with Crippen molar-refractivity contribution in [2.45, 2.75) is 53.1 Å². The predicted molar refractivity (Wildman–Crippen MR) is 88.6 cm³/mol. The maximum Gasteiger partial charge on any atom is 0.0607 e. The minimum Gasteiger partial charge on any atom is -0.309 e. The molecule has 0 saturated carbocycles. The van der Waals surface area contributed by atoms with Crippen LogP contribution in [0.25, 0.3) is 0 Å². The van der Waals surface area contributed by atoms with Crippen molar-refractivity contribution in [1.82, 2.24) is 15.1 Å². The highest BCUT2D eigenvalue weighted by Crippen LogP contribution is 2.18. The van der Waals surface area contributed by atoms with Crippen molar-refractivity contribution in [3.05, 3.63) is 52.8 Å². The number of likely N-dealkylation sites (N-methyl/N-ethyl adjacent to an activating group) is 1. The van der Waals surface area contributed by atoms with Crippen molar-refractivity contribution in [3.8, 4) is 0 Å². The zero-order valence-corrected chi connectivity index (χ0v) is 13.7. The SMILES string of the molecule is CCCc1ccc(C(Cn2nc(C)cc2C)NCC)cc1. The Morgan fingerprint density at radius 1 is 1.14 bits per heavy atom. The molecule has 1 aromatic carbocycles. The average molecular weight is 285 g/mol. The monoisotopic (exact) mass is 285 g/mol. The summed E-state index contributed by atoms with van der Waals surface area (Å²) in [4.78, 5) is 0. The first-order valence-corrected chi connectivity index (χ1v) is 7.97. The van der Waals surface area contributed by atoms with Crippen LogP contribution in [0.4, 0.5) is 0 Å². The Morgan fingerprint density at radius 3 is 2.38 bits per heavy atom. The number of aromatic nitrogens is 2. The molecule has 0 aliphatic carbocycles. The lowest BCUT2D eigenvalue weighted by molar-refractivity contribution is 0.441. The molecular formula is C18H27N3. The van der Waals surface area contributed by atoms with E-state index in [-0.39, 0.29) is 0 Å². The molecule has 21 heavy (non-hydrogen) atoms. The Morgan fingerprint density at radius 2 is 1.86 bits per heavy atom. The lowest BCUT2D eigenvalue weighted by Gasteiger charge is -2.19. The van der Waals surface area contributed by atoms with Crippen LogP contribution in [0.1, 0.15) is 48.8 Å². The fourth-order valence-electron chi connectivity index (χ4n) is 2.77. The third-order valence-corrected chi connectivity index (χ3v) is 3.83. The number of benzene rings is 1. The molecule has 0 spiro atoms. The van der Waals surface area contributed by atoms with E-state index in [1.54, 1.807) is 0 Å². The molecule has 1 aromatic heterocycles. The van der Waals surface area contributed by atoms with Gasteiger partial charge in [0.1, 0.15) is 0 Å². The van der Waals surface area contributed by atoms with Gasteiger partial charge in [-0.15, -0.1) is 0 Å². The van der Waals surface area contributed by atoms with E-state index >= 15 is 0 Å². The van der Waals surface area contributed by atoms with Crippen molar-refractivity contribution in [1.29, 1.82) is 0 Å². The molecule has 0 fully saturated rings. The molecule has 0 aliphatic rings. The van der Waals surface area contributed by atoms with Crippen LogP contribution >= 0.6 is 0 Å². The Labute approximate surface area is 128 Å². The Kier molecular flexibility index (Phi) is 5.57. The molecule has 2 aromatic rings. The highest BCUT2D eigenvalue weighted by Gasteiger charge is 2.13. The zero-order valence-electron chi connectivity index (χ0n) is 13.7. The van der Waals surface area contributed by atoms with Gasteiger partial charge in [0.15, 0.2) is 0 Å². The number of hydrogen-bond acceptors (Lipinski definition) is 2. The molecular weight excluding hydrogens is 258 g/mol. The largest absolute Gasteiger partial charge is 0.309 e. The van der Waals surface area contributed by atoms with E-state index in [2.05, 4.69) is 66.2 Å². The molecule has 2 rings (SSSR count). The summed E-state index contributed by atoms with van der Waals surface area (Å²) in [5, 5.41) is 8.16. The van der Waals surface area contributed by atoms with E-state index in [1.165, 1.54) is 23.2 Å². The highest BCUT2D eigenvalue weighted by molar-refractivity contribution is 5.25. The van der Waals surface area contributed by atoms with Gasteiger partial charge in [0, 0.05) is 5.69 Å². The molecule has 0 bridgehead atoms.